The largest absolute Gasteiger partial charge is 0.473 e. The molecule has 1 aromatic heterocycles. The summed E-state index contributed by atoms with van der Waals surface area (Å²) in [5.74, 6) is 0.487. The molecule has 4 nitrogen and oxygen atoms in total. The molecule has 4 heteroatoms. The quantitative estimate of drug-likeness (QED) is 0.568. The molecule has 0 spiro atoms. The number of nitrogens with two attached hydrogens (primary N) is 1. The van der Waals surface area contributed by atoms with Crippen molar-refractivity contribution in [1.29, 1.82) is 5.41 Å². The molecule has 104 valence electrons. The Labute approximate surface area is 122 Å². The van der Waals surface area contributed by atoms with Crippen LogP contribution in [0, 0.1) is 5.41 Å². The molecule has 3 N–H and O–H groups in total. The van der Waals surface area contributed by atoms with E-state index in [0.29, 0.717) is 18.1 Å². The summed E-state index contributed by atoms with van der Waals surface area (Å²) in [5.41, 5.74) is 8.14. The zero-order chi connectivity index (χ0) is 14.7. The minimum Gasteiger partial charge on any atom is -0.473 e. The summed E-state index contributed by atoms with van der Waals surface area (Å²) in [5, 5.41) is 8.56. The van der Waals surface area contributed by atoms with Crippen LogP contribution in [0.25, 0.3) is 10.9 Å². The molecule has 0 saturated heterocycles. The first-order valence-electron chi connectivity index (χ1n) is 6.65. The van der Waals surface area contributed by atoms with Gasteiger partial charge in [-0.05, 0) is 11.6 Å². The molecule has 3 rings (SSSR count). The second kappa shape index (κ2) is 5.63. The van der Waals surface area contributed by atoms with Crippen LogP contribution in [0.15, 0.2) is 60.7 Å². The number of aromatic nitrogens is 1. The van der Waals surface area contributed by atoms with Gasteiger partial charge in [-0.15, -0.1) is 0 Å². The Balaban J connectivity index is 1.94. The zero-order valence-electron chi connectivity index (χ0n) is 11.4. The van der Waals surface area contributed by atoms with Gasteiger partial charge in [0.2, 0.25) is 5.88 Å². The average Bonchev–Trinajstić information content (AvgIpc) is 2.53. The number of nitrogens with one attached hydrogen (secondary N) is 1. The first kappa shape index (κ1) is 13.1. The van der Waals surface area contributed by atoms with Crippen LogP contribution in [0.5, 0.6) is 5.88 Å². The summed E-state index contributed by atoms with van der Waals surface area (Å²) in [6.07, 6.45) is 0. The third kappa shape index (κ3) is 2.84. The fraction of sp³-hybridized carbons (Fsp3) is 0.0588. The summed E-state index contributed by atoms with van der Waals surface area (Å²) >= 11 is 0. The Morgan fingerprint density at radius 2 is 1.76 bits per heavy atom. The second-order valence-electron chi connectivity index (χ2n) is 4.71. The van der Waals surface area contributed by atoms with E-state index >= 15 is 0 Å². The predicted octanol–water partition coefficient (Wildman–Crippen LogP) is 3.10. The lowest BCUT2D eigenvalue weighted by atomic mass is 10.1. The predicted molar refractivity (Wildman–Crippen MR) is 83.5 cm³/mol. The van der Waals surface area contributed by atoms with Crippen LogP contribution in [0.4, 0.5) is 0 Å². The molecule has 0 unspecified atom stereocenters. The minimum atomic E-state index is 0.0122. The van der Waals surface area contributed by atoms with E-state index in [9.17, 15) is 0 Å². The van der Waals surface area contributed by atoms with Crippen LogP contribution in [-0.2, 0) is 6.61 Å². The van der Waals surface area contributed by atoms with Gasteiger partial charge in [0.05, 0.1) is 5.52 Å². The van der Waals surface area contributed by atoms with Crippen molar-refractivity contribution in [3.05, 3.63) is 71.8 Å². The fourth-order valence-electron chi connectivity index (χ4n) is 2.18. The molecule has 0 saturated carbocycles. The van der Waals surface area contributed by atoms with E-state index in [0.717, 1.165) is 16.5 Å². The van der Waals surface area contributed by atoms with Crippen LogP contribution >= 0.6 is 0 Å². The van der Waals surface area contributed by atoms with E-state index in [-0.39, 0.29) is 5.84 Å². The molecule has 0 aliphatic rings. The Bertz CT molecular complexity index is 784. The zero-order valence-corrected chi connectivity index (χ0v) is 11.4. The van der Waals surface area contributed by atoms with Crippen molar-refractivity contribution in [2.45, 2.75) is 6.61 Å². The molecule has 1 heterocycles. The summed E-state index contributed by atoms with van der Waals surface area (Å²) in [7, 11) is 0. The molecule has 3 aromatic rings. The minimum absolute atomic E-state index is 0.0122. The molecule has 0 aliphatic heterocycles. The average molecular weight is 277 g/mol. The number of hydrogen-bond donors (Lipinski definition) is 2. The first-order chi connectivity index (χ1) is 10.2. The van der Waals surface area contributed by atoms with Crippen LogP contribution in [-0.4, -0.2) is 10.8 Å². The first-order valence-corrected chi connectivity index (χ1v) is 6.65. The Hall–Kier alpha value is -2.88. The van der Waals surface area contributed by atoms with Gasteiger partial charge in [-0.1, -0.05) is 48.5 Å². The maximum absolute atomic E-state index is 7.70. The Morgan fingerprint density at radius 3 is 2.52 bits per heavy atom. The lowest BCUT2D eigenvalue weighted by Gasteiger charge is -2.10. The Morgan fingerprint density at radius 1 is 1.05 bits per heavy atom. The molecule has 0 bridgehead atoms. The lowest BCUT2D eigenvalue weighted by molar-refractivity contribution is 0.295. The molecular formula is C17H15N3O. The number of nitrogens with zero attached hydrogens (tertiary/aromatic N) is 1. The number of amidine groups is 1. The monoisotopic (exact) mass is 277 g/mol. The van der Waals surface area contributed by atoms with Gasteiger partial charge in [0.25, 0.3) is 0 Å². The van der Waals surface area contributed by atoms with E-state index in [4.69, 9.17) is 15.9 Å². The van der Waals surface area contributed by atoms with Gasteiger partial charge in [0, 0.05) is 17.0 Å². The van der Waals surface area contributed by atoms with E-state index in [1.807, 2.05) is 54.6 Å². The van der Waals surface area contributed by atoms with Crippen molar-refractivity contribution in [2.75, 3.05) is 0 Å². The summed E-state index contributed by atoms with van der Waals surface area (Å²) in [4.78, 5) is 4.46. The molecule has 0 atom stereocenters. The van der Waals surface area contributed by atoms with Crippen LogP contribution in [0.1, 0.15) is 11.1 Å². The van der Waals surface area contributed by atoms with E-state index < -0.39 is 0 Å². The van der Waals surface area contributed by atoms with Gasteiger partial charge in [-0.25, -0.2) is 4.98 Å². The molecule has 0 amide bonds. The second-order valence-corrected chi connectivity index (χ2v) is 4.71. The van der Waals surface area contributed by atoms with Gasteiger partial charge in [0.15, 0.2) is 0 Å². The number of rotatable bonds is 4. The molecule has 0 radical (unpaired) electrons. The molecule has 21 heavy (non-hydrogen) atoms. The highest BCUT2D eigenvalue weighted by Crippen LogP contribution is 2.22. The third-order valence-electron chi connectivity index (χ3n) is 3.21. The highest BCUT2D eigenvalue weighted by Gasteiger charge is 2.08. The highest BCUT2D eigenvalue weighted by atomic mass is 16.5. The van der Waals surface area contributed by atoms with E-state index in [1.165, 1.54) is 0 Å². The third-order valence-corrected chi connectivity index (χ3v) is 3.21. The van der Waals surface area contributed by atoms with Gasteiger partial charge >= 0.3 is 0 Å². The topological polar surface area (TPSA) is 72.0 Å². The molecular weight excluding hydrogens is 262 g/mol. The number of ether oxygens (including phenoxy) is 1. The number of pyridine rings is 1. The van der Waals surface area contributed by atoms with Crippen molar-refractivity contribution in [1.82, 2.24) is 4.98 Å². The maximum atomic E-state index is 7.70. The lowest BCUT2D eigenvalue weighted by Crippen LogP contribution is -2.12. The van der Waals surface area contributed by atoms with Crippen molar-refractivity contribution in [3.63, 3.8) is 0 Å². The smallest absolute Gasteiger partial charge is 0.214 e. The summed E-state index contributed by atoms with van der Waals surface area (Å²) < 4.78 is 5.73. The SMILES string of the molecule is N=C(N)c1cc(OCc2ccccc2)nc2ccccc12. The van der Waals surface area contributed by atoms with Gasteiger partial charge in [-0.3, -0.25) is 5.41 Å². The van der Waals surface area contributed by atoms with Crippen molar-refractivity contribution >= 4 is 16.7 Å². The number of para-hydroxylation sites is 1. The van der Waals surface area contributed by atoms with Crippen molar-refractivity contribution in [2.24, 2.45) is 5.73 Å². The molecule has 0 fully saturated rings. The standard InChI is InChI=1S/C17H15N3O/c18-17(19)14-10-16(20-15-9-5-4-8-13(14)15)21-11-12-6-2-1-3-7-12/h1-10H,11H2,(H3,18,19). The molecule has 0 aliphatic carbocycles. The Kier molecular flexibility index (Phi) is 3.51. The maximum Gasteiger partial charge on any atom is 0.214 e. The number of benzene rings is 2. The highest BCUT2D eigenvalue weighted by molar-refractivity contribution is 6.06. The summed E-state index contributed by atoms with van der Waals surface area (Å²) in [6, 6.07) is 19.2. The van der Waals surface area contributed by atoms with E-state index in [2.05, 4.69) is 4.98 Å². The van der Waals surface area contributed by atoms with Gasteiger partial charge < -0.3 is 10.5 Å². The van der Waals surface area contributed by atoms with Crippen LogP contribution in [0.2, 0.25) is 0 Å². The fourth-order valence-corrected chi connectivity index (χ4v) is 2.18. The van der Waals surface area contributed by atoms with Crippen molar-refractivity contribution in [3.8, 4) is 5.88 Å². The van der Waals surface area contributed by atoms with E-state index in [1.54, 1.807) is 6.07 Å². The number of fused-ring (bicyclic) bond motifs is 1. The number of nitrogen functional groups attached to an aromatic ring is 1. The summed E-state index contributed by atoms with van der Waals surface area (Å²) in [6.45, 7) is 0.434. The van der Waals surface area contributed by atoms with Crippen LogP contribution < -0.4 is 10.5 Å². The van der Waals surface area contributed by atoms with Crippen LogP contribution in [0.3, 0.4) is 0 Å². The van der Waals surface area contributed by atoms with Gasteiger partial charge in [-0.2, -0.15) is 0 Å². The normalized spacial score (nSPS) is 10.5. The van der Waals surface area contributed by atoms with Gasteiger partial charge in [0.1, 0.15) is 12.4 Å². The number of hydrogen-bond acceptors (Lipinski definition) is 3. The van der Waals surface area contributed by atoms with Crippen molar-refractivity contribution < 1.29 is 4.74 Å². The molecule has 2 aromatic carbocycles.